The number of carboxylic acids is 1. The second-order valence-corrected chi connectivity index (χ2v) is 6.09. The van der Waals surface area contributed by atoms with Gasteiger partial charge in [0.15, 0.2) is 0 Å². The van der Waals surface area contributed by atoms with E-state index in [0.717, 1.165) is 12.8 Å². The summed E-state index contributed by atoms with van der Waals surface area (Å²) in [6.07, 6.45) is 2.17. The van der Waals surface area contributed by atoms with Crippen molar-refractivity contribution in [3.05, 3.63) is 0 Å². The Morgan fingerprint density at radius 2 is 1.86 bits per heavy atom. The van der Waals surface area contributed by atoms with Crippen LogP contribution in [0, 0.1) is 5.92 Å². The van der Waals surface area contributed by atoms with E-state index in [1.54, 1.807) is 6.92 Å². The standard InChI is InChI=1S/C15H30N2O4/c1-6-21-15(4,5)10-16-14(20)17-12(3)9-7-8-11(2)13(18)19/h11-12H,6-10H2,1-5H3,(H,18,19)(H2,16,17,20). The zero-order valence-electron chi connectivity index (χ0n) is 13.9. The summed E-state index contributed by atoms with van der Waals surface area (Å²) in [6.45, 7) is 10.4. The minimum atomic E-state index is -0.772. The van der Waals surface area contributed by atoms with Crippen LogP contribution in [0.1, 0.15) is 53.9 Å². The van der Waals surface area contributed by atoms with E-state index in [-0.39, 0.29) is 23.6 Å². The summed E-state index contributed by atoms with van der Waals surface area (Å²) in [7, 11) is 0. The molecule has 0 saturated carbocycles. The summed E-state index contributed by atoms with van der Waals surface area (Å²) < 4.78 is 5.50. The van der Waals surface area contributed by atoms with Gasteiger partial charge in [0.1, 0.15) is 0 Å². The number of hydrogen-bond donors (Lipinski definition) is 3. The Morgan fingerprint density at radius 1 is 1.24 bits per heavy atom. The number of amides is 2. The van der Waals surface area contributed by atoms with Crippen LogP contribution >= 0.6 is 0 Å². The van der Waals surface area contributed by atoms with Crippen LogP contribution in [0.2, 0.25) is 0 Å². The highest BCUT2D eigenvalue weighted by molar-refractivity contribution is 5.74. The summed E-state index contributed by atoms with van der Waals surface area (Å²) >= 11 is 0. The molecule has 0 heterocycles. The number of hydrogen-bond acceptors (Lipinski definition) is 3. The van der Waals surface area contributed by atoms with Crippen LogP contribution in [0.5, 0.6) is 0 Å². The van der Waals surface area contributed by atoms with Gasteiger partial charge in [-0.05, 0) is 40.5 Å². The molecule has 0 aliphatic carbocycles. The molecule has 21 heavy (non-hydrogen) atoms. The van der Waals surface area contributed by atoms with Gasteiger partial charge in [-0.15, -0.1) is 0 Å². The largest absolute Gasteiger partial charge is 0.481 e. The number of rotatable bonds is 10. The van der Waals surface area contributed by atoms with E-state index in [9.17, 15) is 9.59 Å². The molecule has 0 aliphatic heterocycles. The molecule has 0 saturated heterocycles. The van der Waals surface area contributed by atoms with E-state index in [1.165, 1.54) is 0 Å². The molecule has 0 aliphatic rings. The molecular formula is C15H30N2O4. The Balaban J connectivity index is 3.87. The molecule has 0 fully saturated rings. The van der Waals surface area contributed by atoms with Crippen LogP contribution in [-0.2, 0) is 9.53 Å². The molecule has 0 radical (unpaired) electrons. The molecular weight excluding hydrogens is 272 g/mol. The van der Waals surface area contributed by atoms with Crippen LogP contribution < -0.4 is 10.6 Å². The van der Waals surface area contributed by atoms with Crippen molar-refractivity contribution in [1.29, 1.82) is 0 Å². The Hall–Kier alpha value is -1.30. The topological polar surface area (TPSA) is 87.7 Å². The number of urea groups is 1. The first-order chi connectivity index (χ1) is 9.68. The molecule has 6 heteroatoms. The highest BCUT2D eigenvalue weighted by Crippen LogP contribution is 2.10. The average Bonchev–Trinajstić information content (AvgIpc) is 2.36. The van der Waals surface area contributed by atoms with E-state index >= 15 is 0 Å². The van der Waals surface area contributed by atoms with Gasteiger partial charge in [0, 0.05) is 19.2 Å². The van der Waals surface area contributed by atoms with Crippen LogP contribution in [-0.4, -0.2) is 41.9 Å². The van der Waals surface area contributed by atoms with Gasteiger partial charge in [-0.1, -0.05) is 13.3 Å². The molecule has 2 unspecified atom stereocenters. The van der Waals surface area contributed by atoms with E-state index in [2.05, 4.69) is 10.6 Å². The van der Waals surface area contributed by atoms with Crippen molar-refractivity contribution in [2.45, 2.75) is 65.5 Å². The summed E-state index contributed by atoms with van der Waals surface area (Å²) in [6, 6.07) is -0.206. The lowest BCUT2D eigenvalue weighted by molar-refractivity contribution is -0.141. The lowest BCUT2D eigenvalue weighted by atomic mass is 10.0. The van der Waals surface area contributed by atoms with Crippen molar-refractivity contribution in [2.75, 3.05) is 13.2 Å². The average molecular weight is 302 g/mol. The summed E-state index contributed by atoms with van der Waals surface area (Å²) in [5, 5.41) is 14.4. The Morgan fingerprint density at radius 3 is 2.38 bits per heavy atom. The Kier molecular flexibility index (Phi) is 9.01. The third-order valence-electron chi connectivity index (χ3n) is 3.28. The fourth-order valence-corrected chi connectivity index (χ4v) is 1.94. The fraction of sp³-hybridized carbons (Fsp3) is 0.867. The lowest BCUT2D eigenvalue weighted by Gasteiger charge is -2.25. The molecule has 0 aromatic rings. The lowest BCUT2D eigenvalue weighted by Crippen LogP contribution is -2.47. The first-order valence-electron chi connectivity index (χ1n) is 7.59. The number of nitrogens with one attached hydrogen (secondary N) is 2. The van der Waals surface area contributed by atoms with Crippen molar-refractivity contribution >= 4 is 12.0 Å². The van der Waals surface area contributed by atoms with Crippen LogP contribution in [0.25, 0.3) is 0 Å². The van der Waals surface area contributed by atoms with E-state index in [4.69, 9.17) is 9.84 Å². The van der Waals surface area contributed by atoms with Gasteiger partial charge < -0.3 is 20.5 Å². The molecule has 2 atom stereocenters. The van der Waals surface area contributed by atoms with Crippen molar-refractivity contribution in [3.63, 3.8) is 0 Å². The molecule has 0 bridgehead atoms. The number of ether oxygens (including phenoxy) is 1. The molecule has 0 rings (SSSR count). The smallest absolute Gasteiger partial charge is 0.315 e. The van der Waals surface area contributed by atoms with Gasteiger partial charge in [0.05, 0.1) is 11.5 Å². The third kappa shape index (κ3) is 10.1. The maximum Gasteiger partial charge on any atom is 0.315 e. The second kappa shape index (κ2) is 9.60. The molecule has 0 spiro atoms. The minimum Gasteiger partial charge on any atom is -0.481 e. The quantitative estimate of drug-likeness (QED) is 0.578. The number of carbonyl (C=O) groups excluding carboxylic acids is 1. The minimum absolute atomic E-state index is 0.0150. The predicted molar refractivity (Wildman–Crippen MR) is 82.4 cm³/mol. The molecule has 3 N–H and O–H groups in total. The summed E-state index contributed by atoms with van der Waals surface area (Å²) in [5.41, 5.74) is -0.383. The van der Waals surface area contributed by atoms with Crippen molar-refractivity contribution in [2.24, 2.45) is 5.92 Å². The van der Waals surface area contributed by atoms with Gasteiger partial charge in [0.2, 0.25) is 0 Å². The Bertz CT molecular complexity index is 332. The van der Waals surface area contributed by atoms with Gasteiger partial charge in [0.25, 0.3) is 0 Å². The second-order valence-electron chi connectivity index (χ2n) is 6.09. The van der Waals surface area contributed by atoms with Crippen LogP contribution in [0.4, 0.5) is 4.79 Å². The number of aliphatic carboxylic acids is 1. The monoisotopic (exact) mass is 302 g/mol. The molecule has 6 nitrogen and oxygen atoms in total. The first-order valence-corrected chi connectivity index (χ1v) is 7.59. The van der Waals surface area contributed by atoms with Crippen molar-refractivity contribution in [1.82, 2.24) is 10.6 Å². The fourth-order valence-electron chi connectivity index (χ4n) is 1.94. The van der Waals surface area contributed by atoms with Gasteiger partial charge in [-0.3, -0.25) is 4.79 Å². The zero-order chi connectivity index (χ0) is 16.5. The van der Waals surface area contributed by atoms with Gasteiger partial charge >= 0.3 is 12.0 Å². The SMILES string of the molecule is CCOC(C)(C)CNC(=O)NC(C)CCCC(C)C(=O)O. The first kappa shape index (κ1) is 19.7. The molecule has 124 valence electrons. The van der Waals surface area contributed by atoms with Gasteiger partial charge in [-0.2, -0.15) is 0 Å². The molecule has 0 aromatic heterocycles. The van der Waals surface area contributed by atoms with E-state index in [0.29, 0.717) is 19.6 Å². The van der Waals surface area contributed by atoms with Crippen LogP contribution in [0.15, 0.2) is 0 Å². The molecule has 0 aromatic carbocycles. The third-order valence-corrected chi connectivity index (χ3v) is 3.28. The summed E-state index contributed by atoms with van der Waals surface area (Å²) in [5.74, 6) is -1.11. The maximum absolute atomic E-state index is 11.7. The molecule has 2 amide bonds. The van der Waals surface area contributed by atoms with E-state index in [1.807, 2.05) is 27.7 Å². The van der Waals surface area contributed by atoms with Crippen molar-refractivity contribution < 1.29 is 19.4 Å². The highest BCUT2D eigenvalue weighted by Gasteiger charge is 2.19. The Labute approximate surface area is 127 Å². The highest BCUT2D eigenvalue weighted by atomic mass is 16.5. The zero-order valence-corrected chi connectivity index (χ0v) is 13.9. The van der Waals surface area contributed by atoms with Gasteiger partial charge in [-0.25, -0.2) is 4.79 Å². The van der Waals surface area contributed by atoms with Crippen LogP contribution in [0.3, 0.4) is 0 Å². The maximum atomic E-state index is 11.7. The number of carboxylic acid groups (broad SMARTS) is 1. The van der Waals surface area contributed by atoms with Crippen molar-refractivity contribution in [3.8, 4) is 0 Å². The predicted octanol–water partition coefficient (Wildman–Crippen LogP) is 2.38. The summed E-state index contributed by atoms with van der Waals surface area (Å²) in [4.78, 5) is 22.4. The normalized spacial score (nSPS) is 14.3. The number of carbonyl (C=O) groups is 2. The van der Waals surface area contributed by atoms with E-state index < -0.39 is 5.97 Å².